The lowest BCUT2D eigenvalue weighted by Crippen LogP contribution is -2.46. The van der Waals surface area contributed by atoms with Crippen molar-refractivity contribution in [1.29, 1.82) is 0 Å². The number of anilines is 1. The number of primary amides is 1. The van der Waals surface area contributed by atoms with Crippen molar-refractivity contribution in [2.45, 2.75) is 33.1 Å². The Labute approximate surface area is 184 Å². The van der Waals surface area contributed by atoms with Gasteiger partial charge in [0.1, 0.15) is 5.82 Å². The van der Waals surface area contributed by atoms with E-state index in [4.69, 9.17) is 15.2 Å². The minimum atomic E-state index is -0.907. The average molecular weight is 440 g/mol. The fourth-order valence-electron chi connectivity index (χ4n) is 3.24. The molecule has 0 bridgehead atoms. The topological polar surface area (TPSA) is 128 Å². The van der Waals surface area contributed by atoms with Crippen molar-refractivity contribution < 1.29 is 18.7 Å². The maximum atomic E-state index is 13.5. The molecule has 0 atom stereocenters. The Morgan fingerprint density at radius 1 is 1.22 bits per heavy atom. The number of imidazole rings is 1. The summed E-state index contributed by atoms with van der Waals surface area (Å²) in [5.74, 6) is 0.0411. The van der Waals surface area contributed by atoms with E-state index in [1.807, 2.05) is 13.8 Å². The molecular weight excluding hydrogens is 415 g/mol. The lowest BCUT2D eigenvalue weighted by Gasteiger charge is -2.34. The van der Waals surface area contributed by atoms with Crippen molar-refractivity contribution in [3.05, 3.63) is 48.2 Å². The van der Waals surface area contributed by atoms with Crippen LogP contribution < -0.4 is 11.1 Å². The third kappa shape index (κ3) is 4.46. The van der Waals surface area contributed by atoms with Crippen molar-refractivity contribution in [2.24, 2.45) is 11.1 Å². The zero-order valence-electron chi connectivity index (χ0n) is 18.1. The molecule has 9 nitrogen and oxygen atoms in total. The average Bonchev–Trinajstić information content (AvgIpc) is 3.20. The molecule has 0 radical (unpaired) electrons. The first-order chi connectivity index (χ1) is 15.2. The van der Waals surface area contributed by atoms with Crippen LogP contribution in [0.3, 0.4) is 0 Å². The van der Waals surface area contributed by atoms with E-state index in [-0.39, 0.29) is 25.1 Å². The highest BCUT2D eigenvalue weighted by Crippen LogP contribution is 2.35. The van der Waals surface area contributed by atoms with Crippen LogP contribution in [0.25, 0.3) is 22.6 Å². The highest BCUT2D eigenvalue weighted by molar-refractivity contribution is 5.81. The smallest absolute Gasteiger partial charge is 0.228 e. The summed E-state index contributed by atoms with van der Waals surface area (Å²) in [5, 5.41) is 3.17. The number of aromatic nitrogens is 4. The summed E-state index contributed by atoms with van der Waals surface area (Å²) in [7, 11) is 0. The van der Waals surface area contributed by atoms with Crippen molar-refractivity contribution in [3.63, 3.8) is 0 Å². The lowest BCUT2D eigenvalue weighted by molar-refractivity contribution is -0.230. The molecule has 3 aromatic rings. The number of halogens is 1. The Balaban J connectivity index is 1.72. The van der Waals surface area contributed by atoms with Gasteiger partial charge in [-0.1, -0.05) is 0 Å². The summed E-state index contributed by atoms with van der Waals surface area (Å²) in [4.78, 5) is 28.4. The van der Waals surface area contributed by atoms with Gasteiger partial charge in [-0.2, -0.15) is 0 Å². The molecule has 1 aromatic carbocycles. The minimum Gasteiger partial charge on any atom is -0.369 e. The molecule has 2 aromatic heterocycles. The second kappa shape index (κ2) is 8.64. The van der Waals surface area contributed by atoms with E-state index in [0.717, 1.165) is 0 Å². The fourth-order valence-corrected chi connectivity index (χ4v) is 3.24. The second-order valence-corrected chi connectivity index (χ2v) is 8.30. The number of benzene rings is 1. The summed E-state index contributed by atoms with van der Waals surface area (Å²) in [6.07, 6.45) is 0.832. The molecule has 3 heterocycles. The van der Waals surface area contributed by atoms with Crippen LogP contribution in [0.15, 0.2) is 36.5 Å². The Kier molecular flexibility index (Phi) is 5.90. The van der Waals surface area contributed by atoms with Crippen LogP contribution >= 0.6 is 0 Å². The Morgan fingerprint density at radius 2 is 1.91 bits per heavy atom. The van der Waals surface area contributed by atoms with E-state index in [1.54, 1.807) is 31.3 Å². The van der Waals surface area contributed by atoms with Gasteiger partial charge in [-0.05, 0) is 51.1 Å². The van der Waals surface area contributed by atoms with Crippen molar-refractivity contribution in [3.8, 4) is 22.6 Å². The first kappa shape index (κ1) is 21.8. The molecule has 0 unspecified atom stereocenters. The third-order valence-corrected chi connectivity index (χ3v) is 5.09. The maximum absolute atomic E-state index is 13.5. The predicted octanol–water partition coefficient (Wildman–Crippen LogP) is 3.03. The standard InChI is InChI=1S/C22H25FN6O3/c1-12(2)26-21-25-9-8-15(27-21)17-16(13-4-6-14(23)7-5-13)28-18(29-17)19-31-10-22(3,11-32-19)20(24)30/h4-9,12,19H,10-11H2,1-3H3,(H2,24,30)(H,28,29)(H,25,26,27). The number of rotatable bonds is 6. The number of H-pyrrole nitrogens is 1. The number of nitrogens with two attached hydrogens (primary N) is 1. The van der Waals surface area contributed by atoms with Gasteiger partial charge in [-0.15, -0.1) is 0 Å². The van der Waals surface area contributed by atoms with Gasteiger partial charge in [0.05, 0.1) is 35.7 Å². The van der Waals surface area contributed by atoms with Gasteiger partial charge in [0, 0.05) is 17.8 Å². The van der Waals surface area contributed by atoms with Crippen LogP contribution in [0.1, 0.15) is 32.9 Å². The SMILES string of the molecule is CC(C)Nc1nccc(-c2[nH]c(C3OCC(C)(C(N)=O)CO3)nc2-c2ccc(F)cc2)n1. The molecule has 10 heteroatoms. The molecule has 4 N–H and O–H groups in total. The predicted molar refractivity (Wildman–Crippen MR) is 116 cm³/mol. The van der Waals surface area contributed by atoms with Gasteiger partial charge in [-0.25, -0.2) is 19.3 Å². The molecule has 1 aliphatic rings. The third-order valence-electron chi connectivity index (χ3n) is 5.09. The molecule has 0 spiro atoms. The highest BCUT2D eigenvalue weighted by atomic mass is 19.1. The molecule has 32 heavy (non-hydrogen) atoms. The number of hydrogen-bond acceptors (Lipinski definition) is 7. The van der Waals surface area contributed by atoms with Crippen LogP contribution in [0.5, 0.6) is 0 Å². The molecule has 1 saturated heterocycles. The van der Waals surface area contributed by atoms with Crippen molar-refractivity contribution in [2.75, 3.05) is 18.5 Å². The summed E-state index contributed by atoms with van der Waals surface area (Å²) in [5.41, 5.74) is 7.00. The van der Waals surface area contributed by atoms with Crippen LogP contribution in [0, 0.1) is 11.2 Å². The highest BCUT2D eigenvalue weighted by Gasteiger charge is 2.39. The molecule has 0 saturated carbocycles. The van der Waals surface area contributed by atoms with E-state index >= 15 is 0 Å². The number of hydrogen-bond donors (Lipinski definition) is 3. The first-order valence-corrected chi connectivity index (χ1v) is 10.2. The molecule has 1 fully saturated rings. The van der Waals surface area contributed by atoms with E-state index in [2.05, 4.69) is 25.3 Å². The van der Waals surface area contributed by atoms with E-state index in [0.29, 0.717) is 34.4 Å². The number of amides is 1. The number of carbonyl (C=O) groups is 1. The summed E-state index contributed by atoms with van der Waals surface area (Å²) in [6.45, 7) is 5.88. The number of carbonyl (C=O) groups excluding carboxylic acids is 1. The fraction of sp³-hybridized carbons (Fsp3) is 0.364. The van der Waals surface area contributed by atoms with Gasteiger partial charge in [0.15, 0.2) is 5.82 Å². The van der Waals surface area contributed by atoms with E-state index in [1.165, 1.54) is 12.1 Å². The molecule has 4 rings (SSSR count). The van der Waals surface area contributed by atoms with Crippen molar-refractivity contribution >= 4 is 11.9 Å². The Morgan fingerprint density at radius 3 is 2.53 bits per heavy atom. The quantitative estimate of drug-likeness (QED) is 0.537. The van der Waals surface area contributed by atoms with Crippen molar-refractivity contribution in [1.82, 2.24) is 19.9 Å². The zero-order chi connectivity index (χ0) is 22.9. The molecular formula is C22H25FN6O3. The summed E-state index contributed by atoms with van der Waals surface area (Å²) >= 11 is 0. The van der Waals surface area contributed by atoms with Gasteiger partial charge in [0.2, 0.25) is 18.1 Å². The Hall–Kier alpha value is -3.37. The van der Waals surface area contributed by atoms with Gasteiger partial charge in [0.25, 0.3) is 0 Å². The first-order valence-electron chi connectivity index (χ1n) is 10.2. The van der Waals surface area contributed by atoms with Crippen LogP contribution in [0.4, 0.5) is 10.3 Å². The largest absolute Gasteiger partial charge is 0.369 e. The van der Waals surface area contributed by atoms with Crippen LogP contribution in [-0.4, -0.2) is 45.1 Å². The second-order valence-electron chi connectivity index (χ2n) is 8.30. The van der Waals surface area contributed by atoms with Crippen LogP contribution in [0.2, 0.25) is 0 Å². The molecule has 168 valence electrons. The minimum absolute atomic E-state index is 0.102. The molecule has 1 aliphatic heterocycles. The van der Waals surface area contributed by atoms with E-state index in [9.17, 15) is 9.18 Å². The van der Waals surface area contributed by atoms with Gasteiger partial charge < -0.3 is 25.5 Å². The normalized spacial score (nSPS) is 21.0. The maximum Gasteiger partial charge on any atom is 0.228 e. The summed E-state index contributed by atoms with van der Waals surface area (Å²) in [6, 6.07) is 7.92. The number of nitrogens with one attached hydrogen (secondary N) is 2. The van der Waals surface area contributed by atoms with Gasteiger partial charge in [-0.3, -0.25) is 4.79 Å². The molecule has 1 amide bonds. The Bertz CT molecular complexity index is 1110. The molecule has 0 aliphatic carbocycles. The van der Waals surface area contributed by atoms with E-state index < -0.39 is 17.6 Å². The van der Waals surface area contributed by atoms with Crippen LogP contribution in [-0.2, 0) is 14.3 Å². The summed E-state index contributed by atoms with van der Waals surface area (Å²) < 4.78 is 25.0. The zero-order valence-corrected chi connectivity index (χ0v) is 18.1. The van der Waals surface area contributed by atoms with Gasteiger partial charge >= 0.3 is 0 Å². The lowest BCUT2D eigenvalue weighted by atomic mass is 9.91. The number of ether oxygens (including phenoxy) is 2. The number of aromatic amines is 1. The number of nitrogens with zero attached hydrogens (tertiary/aromatic N) is 3. The monoisotopic (exact) mass is 440 g/mol.